The lowest BCUT2D eigenvalue weighted by molar-refractivity contribution is 0.0755. The summed E-state index contributed by atoms with van der Waals surface area (Å²) in [6.45, 7) is 7.00. The maximum atomic E-state index is 13.8. The molecule has 208 valence electrons. The van der Waals surface area contributed by atoms with E-state index >= 15 is 0 Å². The summed E-state index contributed by atoms with van der Waals surface area (Å²) in [4.78, 5) is 28.2. The molecule has 2 rings (SSSR count). The van der Waals surface area contributed by atoms with Gasteiger partial charge in [0.15, 0.2) is 0 Å². The van der Waals surface area contributed by atoms with Gasteiger partial charge in [-0.05, 0) is 80.5 Å². The van der Waals surface area contributed by atoms with E-state index in [1.54, 1.807) is 24.0 Å². The summed E-state index contributed by atoms with van der Waals surface area (Å²) < 4.78 is 27.6. The Morgan fingerprint density at radius 1 is 1.03 bits per heavy atom. The lowest BCUT2D eigenvalue weighted by Crippen LogP contribution is -2.45. The Kier molecular flexibility index (Phi) is 12.2. The summed E-state index contributed by atoms with van der Waals surface area (Å²) in [5.41, 5.74) is 10.2. The van der Waals surface area contributed by atoms with Crippen LogP contribution in [0, 0.1) is 18.6 Å². The highest BCUT2D eigenvalue weighted by Gasteiger charge is 2.24. The number of amides is 2. The Morgan fingerprint density at radius 2 is 1.63 bits per heavy atom. The van der Waals surface area contributed by atoms with Crippen molar-refractivity contribution in [3.05, 3.63) is 82.2 Å². The number of nitrogens with zero attached hydrogens (tertiary/aromatic N) is 1. The summed E-state index contributed by atoms with van der Waals surface area (Å²) in [5, 5.41) is 13.7. The Labute approximate surface area is 223 Å². The fourth-order valence-electron chi connectivity index (χ4n) is 4.29. The average molecular weight is 532 g/mol. The van der Waals surface area contributed by atoms with E-state index in [4.69, 9.17) is 11.6 Å². The first kappa shape index (κ1) is 30.7. The standard InChI is InChI=1S/C28H39F2N5O3/c1-4-8-35(9-5-2)28(38)21-11-18(3)10-20(15-21)27(37)34-25(26(36)7-6-24(31)17-33-32)14-19-12-22(29)16-23(30)13-19/h10-13,15-17,25-26,33,36H,4-9,14,31-32H2,1-3H3,(H,34,37)/b24-17-. The zero-order chi connectivity index (χ0) is 28.2. The van der Waals surface area contributed by atoms with Crippen molar-refractivity contribution in [2.75, 3.05) is 13.1 Å². The number of hydrogen-bond acceptors (Lipinski definition) is 6. The molecule has 0 fully saturated rings. The quantitative estimate of drug-likeness (QED) is 0.188. The molecule has 10 heteroatoms. The van der Waals surface area contributed by atoms with Gasteiger partial charge in [0.05, 0.1) is 12.1 Å². The van der Waals surface area contributed by atoms with E-state index in [1.807, 2.05) is 13.8 Å². The molecular formula is C28H39F2N5O3. The van der Waals surface area contributed by atoms with Gasteiger partial charge in [0.1, 0.15) is 11.6 Å². The molecule has 2 unspecified atom stereocenters. The minimum atomic E-state index is -1.09. The molecule has 0 heterocycles. The average Bonchev–Trinajstić information content (AvgIpc) is 2.85. The van der Waals surface area contributed by atoms with Crippen molar-refractivity contribution in [1.82, 2.24) is 15.6 Å². The third-order valence-corrected chi connectivity index (χ3v) is 6.02. The molecule has 0 aliphatic carbocycles. The second-order valence-corrected chi connectivity index (χ2v) is 9.43. The number of carbonyl (C=O) groups excluding carboxylic acids is 2. The third kappa shape index (κ3) is 9.42. The molecule has 2 aromatic rings. The number of halogens is 2. The Balaban J connectivity index is 2.32. The number of carbonyl (C=O) groups is 2. The van der Waals surface area contributed by atoms with Crippen molar-refractivity contribution in [2.45, 2.75) is 65.0 Å². The zero-order valence-corrected chi connectivity index (χ0v) is 22.3. The molecule has 38 heavy (non-hydrogen) atoms. The number of aryl methyl sites for hydroxylation is 1. The van der Waals surface area contributed by atoms with Gasteiger partial charge in [-0.15, -0.1) is 0 Å². The molecule has 0 spiro atoms. The number of aliphatic hydroxyl groups is 1. The van der Waals surface area contributed by atoms with Gasteiger partial charge in [-0.25, -0.2) is 8.78 Å². The number of nitrogens with one attached hydrogen (secondary N) is 2. The second-order valence-electron chi connectivity index (χ2n) is 9.43. The highest BCUT2D eigenvalue weighted by atomic mass is 19.1. The van der Waals surface area contributed by atoms with E-state index in [2.05, 4.69) is 10.7 Å². The molecule has 0 aromatic heterocycles. The monoisotopic (exact) mass is 531 g/mol. The first-order valence-corrected chi connectivity index (χ1v) is 12.8. The number of hydrogen-bond donors (Lipinski definition) is 5. The van der Waals surface area contributed by atoms with Gasteiger partial charge in [-0.1, -0.05) is 13.8 Å². The van der Waals surface area contributed by atoms with E-state index in [1.165, 1.54) is 12.3 Å². The number of allylic oxidation sites excluding steroid dienone is 1. The van der Waals surface area contributed by atoms with Gasteiger partial charge in [-0.2, -0.15) is 0 Å². The largest absolute Gasteiger partial charge is 0.401 e. The van der Waals surface area contributed by atoms with Gasteiger partial charge >= 0.3 is 0 Å². The van der Waals surface area contributed by atoms with Crippen LogP contribution in [-0.4, -0.2) is 47.1 Å². The molecule has 0 radical (unpaired) electrons. The number of aliphatic hydroxyl groups excluding tert-OH is 1. The van der Waals surface area contributed by atoms with Gasteiger partial charge in [-0.3, -0.25) is 15.4 Å². The van der Waals surface area contributed by atoms with Crippen LogP contribution in [0.4, 0.5) is 8.78 Å². The van der Waals surface area contributed by atoms with Crippen molar-refractivity contribution >= 4 is 11.8 Å². The lowest BCUT2D eigenvalue weighted by Gasteiger charge is -2.25. The highest BCUT2D eigenvalue weighted by Crippen LogP contribution is 2.17. The minimum absolute atomic E-state index is 0.0290. The van der Waals surface area contributed by atoms with Crippen molar-refractivity contribution in [3.8, 4) is 0 Å². The molecule has 8 nitrogen and oxygen atoms in total. The van der Waals surface area contributed by atoms with Crippen LogP contribution in [0.15, 0.2) is 48.3 Å². The van der Waals surface area contributed by atoms with Crippen LogP contribution in [0.3, 0.4) is 0 Å². The predicted molar refractivity (Wildman–Crippen MR) is 144 cm³/mol. The molecule has 2 amide bonds. The van der Waals surface area contributed by atoms with E-state index in [-0.39, 0.29) is 36.3 Å². The van der Waals surface area contributed by atoms with Crippen molar-refractivity contribution < 1.29 is 23.5 Å². The van der Waals surface area contributed by atoms with Gasteiger partial charge in [0.2, 0.25) is 0 Å². The number of rotatable bonds is 14. The smallest absolute Gasteiger partial charge is 0.253 e. The molecule has 0 bridgehead atoms. The van der Waals surface area contributed by atoms with Crippen molar-refractivity contribution in [1.29, 1.82) is 0 Å². The molecule has 0 aliphatic rings. The second kappa shape index (κ2) is 15.0. The van der Waals surface area contributed by atoms with Gasteiger partial charge in [0, 0.05) is 42.2 Å². The predicted octanol–water partition coefficient (Wildman–Crippen LogP) is 3.28. The van der Waals surface area contributed by atoms with Gasteiger partial charge < -0.3 is 26.5 Å². The van der Waals surface area contributed by atoms with Crippen LogP contribution in [0.5, 0.6) is 0 Å². The molecule has 2 aromatic carbocycles. The minimum Gasteiger partial charge on any atom is -0.401 e. The normalized spacial score (nSPS) is 13.1. The van der Waals surface area contributed by atoms with Crippen molar-refractivity contribution in [2.24, 2.45) is 11.6 Å². The first-order chi connectivity index (χ1) is 18.1. The summed E-state index contributed by atoms with van der Waals surface area (Å²) in [7, 11) is 0. The molecular weight excluding hydrogens is 492 g/mol. The third-order valence-electron chi connectivity index (χ3n) is 6.02. The van der Waals surface area contributed by atoms with E-state index in [9.17, 15) is 23.5 Å². The Morgan fingerprint density at radius 3 is 2.21 bits per heavy atom. The lowest BCUT2D eigenvalue weighted by atomic mass is 9.96. The number of hydrazine groups is 1. The highest BCUT2D eigenvalue weighted by molar-refractivity contribution is 6.00. The van der Waals surface area contributed by atoms with Crippen LogP contribution < -0.4 is 22.3 Å². The van der Waals surface area contributed by atoms with Crippen LogP contribution in [0.2, 0.25) is 0 Å². The summed E-state index contributed by atoms with van der Waals surface area (Å²) >= 11 is 0. The number of nitrogens with two attached hydrogens (primary N) is 2. The Hall–Kier alpha value is -3.50. The van der Waals surface area contributed by atoms with Crippen LogP contribution in [-0.2, 0) is 6.42 Å². The van der Waals surface area contributed by atoms with Gasteiger partial charge in [0.25, 0.3) is 11.8 Å². The Bertz CT molecular complexity index is 1100. The molecule has 2 atom stereocenters. The summed E-state index contributed by atoms with van der Waals surface area (Å²) in [6, 6.07) is 7.09. The van der Waals surface area contributed by atoms with Crippen molar-refractivity contribution in [3.63, 3.8) is 0 Å². The maximum absolute atomic E-state index is 13.8. The molecule has 0 saturated heterocycles. The number of benzene rings is 2. The summed E-state index contributed by atoms with van der Waals surface area (Å²) in [5.74, 6) is 3.04. The van der Waals surface area contributed by atoms with Crippen LogP contribution >= 0.6 is 0 Å². The SMILES string of the molecule is CCCN(CCC)C(=O)c1cc(C)cc(C(=O)NC(Cc2cc(F)cc(F)c2)C(O)CC/C(N)=C/NN)c1. The molecule has 0 saturated carbocycles. The molecule has 7 N–H and O–H groups in total. The van der Waals surface area contributed by atoms with E-state index < -0.39 is 29.7 Å². The maximum Gasteiger partial charge on any atom is 0.253 e. The fourth-order valence-corrected chi connectivity index (χ4v) is 4.29. The molecule has 0 aliphatic heterocycles. The van der Waals surface area contributed by atoms with E-state index in [0.29, 0.717) is 24.4 Å². The first-order valence-electron chi connectivity index (χ1n) is 12.8. The fraction of sp³-hybridized carbons (Fsp3) is 0.429. The zero-order valence-electron chi connectivity index (χ0n) is 22.3. The van der Waals surface area contributed by atoms with E-state index in [0.717, 1.165) is 36.6 Å². The van der Waals surface area contributed by atoms with Crippen LogP contribution in [0.1, 0.15) is 71.4 Å². The summed E-state index contributed by atoms with van der Waals surface area (Å²) in [6.07, 6.45) is 2.31. The topological polar surface area (TPSA) is 134 Å². The van der Waals surface area contributed by atoms with Crippen LogP contribution in [0.25, 0.3) is 0 Å².